The number of benzene rings is 3. The lowest BCUT2D eigenvalue weighted by atomic mass is 10.1. The highest BCUT2D eigenvalue weighted by atomic mass is 35.5. The molecule has 0 fully saturated rings. The Bertz CT molecular complexity index is 1060. The number of carbonyl (C=O) groups excluding carboxylic acids is 2. The third-order valence-electron chi connectivity index (χ3n) is 4.05. The Morgan fingerprint density at radius 2 is 1.45 bits per heavy atom. The van der Waals surface area contributed by atoms with Crippen LogP contribution in [0.25, 0.3) is 6.08 Å². The molecule has 0 bridgehead atoms. The molecule has 6 heteroatoms. The molecular weight excluding hydrogens is 411 g/mol. The number of methoxy groups -OCH3 is 1. The van der Waals surface area contributed by atoms with Crippen LogP contribution in [0.3, 0.4) is 0 Å². The highest BCUT2D eigenvalue weighted by Crippen LogP contribution is 2.22. The Morgan fingerprint density at radius 1 is 0.828 bits per heavy atom. The van der Waals surface area contributed by atoms with E-state index in [1.165, 1.54) is 6.08 Å². The van der Waals surface area contributed by atoms with Crippen LogP contribution in [0.2, 0.25) is 10.0 Å². The molecule has 0 aromatic heterocycles. The number of hydrogen-bond acceptors (Lipinski definition) is 4. The van der Waals surface area contributed by atoms with E-state index >= 15 is 0 Å². The quantitative estimate of drug-likeness (QED) is 0.206. The average molecular weight is 427 g/mol. The van der Waals surface area contributed by atoms with E-state index in [0.717, 1.165) is 0 Å². The average Bonchev–Trinajstić information content (AvgIpc) is 2.73. The molecular formula is C23H16Cl2O4. The standard InChI is InChI=1S/C23H16Cl2O4/c1-28-19-9-5-17(6-10-19)23(27)29-20-11-3-16(4-12-20)22(26)13-7-15-2-8-18(24)14-21(15)25/h2-14H,1H3. The van der Waals surface area contributed by atoms with Crippen molar-refractivity contribution in [1.82, 2.24) is 0 Å². The van der Waals surface area contributed by atoms with Crippen LogP contribution in [-0.4, -0.2) is 18.9 Å². The third kappa shape index (κ3) is 5.47. The van der Waals surface area contributed by atoms with E-state index in [0.29, 0.717) is 38.2 Å². The van der Waals surface area contributed by atoms with E-state index < -0.39 is 5.97 Å². The number of hydrogen-bond donors (Lipinski definition) is 0. The highest BCUT2D eigenvalue weighted by molar-refractivity contribution is 6.35. The topological polar surface area (TPSA) is 52.6 Å². The summed E-state index contributed by atoms with van der Waals surface area (Å²) in [4.78, 5) is 24.5. The maximum Gasteiger partial charge on any atom is 0.343 e. The molecule has 0 amide bonds. The lowest BCUT2D eigenvalue weighted by Gasteiger charge is -2.06. The zero-order valence-corrected chi connectivity index (χ0v) is 16.9. The monoisotopic (exact) mass is 426 g/mol. The van der Waals surface area contributed by atoms with E-state index in [9.17, 15) is 9.59 Å². The zero-order valence-electron chi connectivity index (χ0n) is 15.4. The van der Waals surface area contributed by atoms with Gasteiger partial charge in [-0.3, -0.25) is 4.79 Å². The summed E-state index contributed by atoms with van der Waals surface area (Å²) in [5, 5.41) is 0.987. The molecule has 0 aliphatic rings. The van der Waals surface area contributed by atoms with E-state index in [2.05, 4.69) is 0 Å². The molecule has 4 nitrogen and oxygen atoms in total. The van der Waals surface area contributed by atoms with Gasteiger partial charge in [0.15, 0.2) is 5.78 Å². The van der Waals surface area contributed by atoms with Crippen LogP contribution >= 0.6 is 23.2 Å². The van der Waals surface area contributed by atoms with Gasteiger partial charge in [-0.15, -0.1) is 0 Å². The van der Waals surface area contributed by atoms with Crippen molar-refractivity contribution in [3.05, 3.63) is 99.5 Å². The van der Waals surface area contributed by atoms with Crippen LogP contribution < -0.4 is 9.47 Å². The van der Waals surface area contributed by atoms with Gasteiger partial charge >= 0.3 is 5.97 Å². The molecule has 0 atom stereocenters. The summed E-state index contributed by atoms with van der Waals surface area (Å²) < 4.78 is 10.4. The lowest BCUT2D eigenvalue weighted by molar-refractivity contribution is 0.0734. The second-order valence-electron chi connectivity index (χ2n) is 6.01. The number of carbonyl (C=O) groups is 2. The van der Waals surface area contributed by atoms with E-state index in [1.54, 1.807) is 79.9 Å². The first kappa shape index (κ1) is 20.6. The van der Waals surface area contributed by atoms with E-state index in [1.807, 2.05) is 0 Å². The van der Waals surface area contributed by atoms with Crippen molar-refractivity contribution in [2.24, 2.45) is 0 Å². The third-order valence-corrected chi connectivity index (χ3v) is 4.61. The van der Waals surface area contributed by atoms with Crippen molar-refractivity contribution >= 4 is 41.0 Å². The molecule has 0 radical (unpaired) electrons. The summed E-state index contributed by atoms with van der Waals surface area (Å²) in [5.41, 5.74) is 1.54. The molecule has 3 aromatic rings. The van der Waals surface area contributed by atoms with Crippen LogP contribution in [0.15, 0.2) is 72.8 Å². The second kappa shape index (κ2) is 9.41. The number of ether oxygens (including phenoxy) is 2. The van der Waals surface area contributed by atoms with Gasteiger partial charge in [0.2, 0.25) is 0 Å². The fourth-order valence-electron chi connectivity index (χ4n) is 2.48. The Kier molecular flexibility index (Phi) is 6.70. The van der Waals surface area contributed by atoms with Gasteiger partial charge in [0.1, 0.15) is 11.5 Å². The summed E-state index contributed by atoms with van der Waals surface area (Å²) in [5.74, 6) is 0.289. The summed E-state index contributed by atoms with van der Waals surface area (Å²) in [6, 6.07) is 17.9. The highest BCUT2D eigenvalue weighted by Gasteiger charge is 2.10. The maximum absolute atomic E-state index is 12.3. The maximum atomic E-state index is 12.3. The van der Waals surface area contributed by atoms with Gasteiger partial charge < -0.3 is 9.47 Å². The predicted molar refractivity (Wildman–Crippen MR) is 114 cm³/mol. The van der Waals surface area contributed by atoms with Crippen molar-refractivity contribution < 1.29 is 19.1 Å². The Labute approximate surface area is 178 Å². The van der Waals surface area contributed by atoms with Crippen LogP contribution in [-0.2, 0) is 0 Å². The van der Waals surface area contributed by atoms with Crippen LogP contribution in [0.5, 0.6) is 11.5 Å². The minimum absolute atomic E-state index is 0.205. The van der Waals surface area contributed by atoms with Gasteiger partial charge in [-0.2, -0.15) is 0 Å². The first-order chi connectivity index (χ1) is 14.0. The Hall–Kier alpha value is -3.08. The second-order valence-corrected chi connectivity index (χ2v) is 6.85. The van der Waals surface area contributed by atoms with Crippen LogP contribution in [0, 0.1) is 0 Å². The summed E-state index contributed by atoms with van der Waals surface area (Å²) in [7, 11) is 1.55. The van der Waals surface area contributed by atoms with Crippen molar-refractivity contribution in [2.45, 2.75) is 0 Å². The van der Waals surface area contributed by atoms with Gasteiger partial charge in [-0.05, 0) is 78.4 Å². The van der Waals surface area contributed by atoms with Gasteiger partial charge in [-0.1, -0.05) is 29.3 Å². The minimum atomic E-state index is -0.496. The van der Waals surface area contributed by atoms with Crippen molar-refractivity contribution in [3.63, 3.8) is 0 Å². The molecule has 0 spiro atoms. The van der Waals surface area contributed by atoms with Crippen LogP contribution in [0.1, 0.15) is 26.3 Å². The molecule has 3 rings (SSSR count). The number of esters is 1. The number of halogens is 2. The SMILES string of the molecule is COc1ccc(C(=O)Oc2ccc(C(=O)C=Cc3ccc(Cl)cc3Cl)cc2)cc1. The molecule has 0 heterocycles. The van der Waals surface area contributed by atoms with Gasteiger partial charge in [0.25, 0.3) is 0 Å². The van der Waals surface area contributed by atoms with Gasteiger partial charge in [-0.25, -0.2) is 4.79 Å². The van der Waals surface area contributed by atoms with E-state index in [-0.39, 0.29) is 5.78 Å². The fraction of sp³-hybridized carbons (Fsp3) is 0.0435. The Balaban J connectivity index is 1.65. The largest absolute Gasteiger partial charge is 0.497 e. The first-order valence-corrected chi connectivity index (χ1v) is 9.35. The summed E-state index contributed by atoms with van der Waals surface area (Å²) in [6.45, 7) is 0. The van der Waals surface area contributed by atoms with E-state index in [4.69, 9.17) is 32.7 Å². The molecule has 0 saturated carbocycles. The van der Waals surface area contributed by atoms with Crippen molar-refractivity contribution in [3.8, 4) is 11.5 Å². The van der Waals surface area contributed by atoms with Gasteiger partial charge in [0, 0.05) is 15.6 Å². The minimum Gasteiger partial charge on any atom is -0.497 e. The number of ketones is 1. The smallest absolute Gasteiger partial charge is 0.343 e. The normalized spacial score (nSPS) is 10.7. The lowest BCUT2D eigenvalue weighted by Crippen LogP contribution is -2.08. The van der Waals surface area contributed by atoms with Crippen molar-refractivity contribution in [1.29, 1.82) is 0 Å². The number of allylic oxidation sites excluding steroid dienone is 1. The summed E-state index contributed by atoms with van der Waals surface area (Å²) in [6.07, 6.45) is 3.05. The molecule has 0 unspecified atom stereocenters. The molecule has 0 aliphatic heterocycles. The summed E-state index contributed by atoms with van der Waals surface area (Å²) >= 11 is 12.0. The fourth-order valence-corrected chi connectivity index (χ4v) is 2.95. The zero-order chi connectivity index (χ0) is 20.8. The van der Waals surface area contributed by atoms with Crippen LogP contribution in [0.4, 0.5) is 0 Å². The molecule has 0 N–H and O–H groups in total. The number of rotatable bonds is 6. The first-order valence-electron chi connectivity index (χ1n) is 8.60. The molecule has 0 saturated heterocycles. The van der Waals surface area contributed by atoms with Gasteiger partial charge in [0.05, 0.1) is 12.7 Å². The molecule has 0 aliphatic carbocycles. The Morgan fingerprint density at radius 3 is 2.07 bits per heavy atom. The molecule has 29 heavy (non-hydrogen) atoms. The van der Waals surface area contributed by atoms with Crippen molar-refractivity contribution in [2.75, 3.05) is 7.11 Å². The predicted octanol–water partition coefficient (Wildman–Crippen LogP) is 6.12. The molecule has 146 valence electrons. The molecule has 3 aromatic carbocycles.